The minimum Gasteiger partial charge on any atom is -0.314 e. The molecule has 0 spiro atoms. The number of benzene rings is 1. The number of piperazine rings is 1. The van der Waals surface area contributed by atoms with E-state index in [-0.39, 0.29) is 17.6 Å². The van der Waals surface area contributed by atoms with Gasteiger partial charge >= 0.3 is 0 Å². The fourth-order valence-electron chi connectivity index (χ4n) is 2.98. The summed E-state index contributed by atoms with van der Waals surface area (Å²) in [4.78, 5) is 14.7. The monoisotopic (exact) mass is 248 g/mol. The first-order chi connectivity index (χ1) is 8.77. The van der Waals surface area contributed by atoms with Gasteiger partial charge in [-0.2, -0.15) is 0 Å². The summed E-state index contributed by atoms with van der Waals surface area (Å²) in [5.74, 6) is -0.141. The zero-order chi connectivity index (χ0) is 12.5. The third-order valence-electron chi connectivity index (χ3n) is 3.95. The number of carbonyl (C=O) groups is 1. The molecule has 1 saturated heterocycles. The maximum absolute atomic E-state index is 13.6. The van der Waals surface area contributed by atoms with Gasteiger partial charge in [-0.25, -0.2) is 4.39 Å². The lowest BCUT2D eigenvalue weighted by Gasteiger charge is -2.36. The van der Waals surface area contributed by atoms with Crippen molar-refractivity contribution in [2.75, 3.05) is 26.2 Å². The third kappa shape index (κ3) is 1.95. The van der Waals surface area contributed by atoms with Gasteiger partial charge in [0.2, 0.25) is 0 Å². The molecule has 1 aromatic rings. The molecule has 1 aromatic carbocycles. The Kier molecular flexibility index (Phi) is 3.14. The van der Waals surface area contributed by atoms with Crippen LogP contribution < -0.4 is 5.32 Å². The number of rotatable bonds is 1. The van der Waals surface area contributed by atoms with Crippen molar-refractivity contribution in [1.82, 2.24) is 10.2 Å². The highest BCUT2D eigenvalue weighted by Crippen LogP contribution is 2.26. The van der Waals surface area contributed by atoms with Gasteiger partial charge in [-0.15, -0.1) is 0 Å². The van der Waals surface area contributed by atoms with Crippen LogP contribution in [0.1, 0.15) is 22.3 Å². The highest BCUT2D eigenvalue weighted by Gasteiger charge is 2.33. The average Bonchev–Trinajstić information content (AvgIpc) is 2.41. The molecule has 1 unspecified atom stereocenters. The molecule has 3 rings (SSSR count). The molecule has 1 fully saturated rings. The Morgan fingerprint density at radius 1 is 1.28 bits per heavy atom. The molecule has 18 heavy (non-hydrogen) atoms. The zero-order valence-corrected chi connectivity index (χ0v) is 10.3. The van der Waals surface area contributed by atoms with Crippen LogP contribution in [0.15, 0.2) is 18.2 Å². The molecule has 1 atom stereocenters. The quantitative estimate of drug-likeness (QED) is 0.811. The first-order valence-electron chi connectivity index (χ1n) is 6.54. The molecular weight excluding hydrogens is 231 g/mol. The Morgan fingerprint density at radius 3 is 2.83 bits per heavy atom. The second-order valence-corrected chi connectivity index (χ2v) is 4.97. The highest BCUT2D eigenvalue weighted by molar-refractivity contribution is 6.02. The minimum atomic E-state index is -0.236. The van der Waals surface area contributed by atoms with Gasteiger partial charge in [0, 0.05) is 31.7 Å². The van der Waals surface area contributed by atoms with Crippen molar-refractivity contribution in [3.63, 3.8) is 0 Å². The van der Waals surface area contributed by atoms with Crippen LogP contribution in [-0.2, 0) is 6.42 Å². The molecule has 1 N–H and O–H groups in total. The van der Waals surface area contributed by atoms with E-state index in [0.717, 1.165) is 32.6 Å². The zero-order valence-electron chi connectivity index (χ0n) is 10.3. The van der Waals surface area contributed by atoms with Crippen molar-refractivity contribution in [1.29, 1.82) is 0 Å². The summed E-state index contributed by atoms with van der Waals surface area (Å²) in [6.07, 6.45) is 1.41. The van der Waals surface area contributed by atoms with E-state index < -0.39 is 0 Å². The number of halogens is 1. The van der Waals surface area contributed by atoms with Crippen LogP contribution in [0.4, 0.5) is 4.39 Å². The number of Topliss-reactive ketones (excluding diaryl/α,β-unsaturated/α-hetero) is 1. The molecule has 96 valence electrons. The van der Waals surface area contributed by atoms with Gasteiger partial charge in [0.15, 0.2) is 5.78 Å². The van der Waals surface area contributed by atoms with Crippen molar-refractivity contribution >= 4 is 5.78 Å². The molecule has 0 radical (unpaired) electrons. The summed E-state index contributed by atoms with van der Waals surface area (Å²) < 4.78 is 13.6. The van der Waals surface area contributed by atoms with Gasteiger partial charge in [-0.1, -0.05) is 12.1 Å². The Bertz CT molecular complexity index is 469. The number of nitrogens with zero attached hydrogens (tertiary/aromatic N) is 1. The van der Waals surface area contributed by atoms with Crippen LogP contribution in [0.3, 0.4) is 0 Å². The number of ketones is 1. The summed E-state index contributed by atoms with van der Waals surface area (Å²) in [6, 6.07) is 4.78. The predicted octanol–water partition coefficient (Wildman–Crippen LogP) is 1.23. The van der Waals surface area contributed by atoms with E-state index in [1.165, 1.54) is 6.07 Å². The topological polar surface area (TPSA) is 32.3 Å². The van der Waals surface area contributed by atoms with E-state index in [0.29, 0.717) is 17.5 Å². The number of fused-ring (bicyclic) bond motifs is 1. The molecule has 2 aliphatic rings. The molecule has 4 heteroatoms. The molecule has 1 aliphatic carbocycles. The van der Waals surface area contributed by atoms with Crippen LogP contribution in [0, 0.1) is 5.82 Å². The minimum absolute atomic E-state index is 0.0543. The van der Waals surface area contributed by atoms with Crippen LogP contribution in [0.25, 0.3) is 0 Å². The largest absolute Gasteiger partial charge is 0.314 e. The molecule has 1 aliphatic heterocycles. The third-order valence-corrected chi connectivity index (χ3v) is 3.95. The summed E-state index contributed by atoms with van der Waals surface area (Å²) in [5, 5.41) is 3.28. The van der Waals surface area contributed by atoms with E-state index in [9.17, 15) is 9.18 Å². The van der Waals surface area contributed by atoms with E-state index in [1.807, 2.05) is 0 Å². The maximum Gasteiger partial charge on any atom is 0.180 e. The van der Waals surface area contributed by atoms with Gasteiger partial charge in [-0.3, -0.25) is 9.69 Å². The van der Waals surface area contributed by atoms with Gasteiger partial charge in [0.25, 0.3) is 0 Å². The van der Waals surface area contributed by atoms with E-state index in [4.69, 9.17) is 0 Å². The first-order valence-corrected chi connectivity index (χ1v) is 6.54. The number of carbonyl (C=O) groups excluding carboxylic acids is 1. The second-order valence-electron chi connectivity index (χ2n) is 4.97. The molecule has 0 saturated carbocycles. The average molecular weight is 248 g/mol. The lowest BCUT2D eigenvalue weighted by molar-refractivity contribution is 0.0764. The number of hydrogen-bond donors (Lipinski definition) is 1. The normalized spacial score (nSPS) is 24.9. The van der Waals surface area contributed by atoms with Gasteiger partial charge in [-0.05, 0) is 24.5 Å². The van der Waals surface area contributed by atoms with Gasteiger partial charge in [0.1, 0.15) is 5.82 Å². The molecule has 3 nitrogen and oxygen atoms in total. The lowest BCUT2D eigenvalue weighted by atomic mass is 9.86. The van der Waals surface area contributed by atoms with Gasteiger partial charge in [0.05, 0.1) is 6.04 Å². The Morgan fingerprint density at radius 2 is 2.06 bits per heavy atom. The van der Waals surface area contributed by atoms with Crippen LogP contribution in [0.2, 0.25) is 0 Å². The van der Waals surface area contributed by atoms with Crippen molar-refractivity contribution in [3.8, 4) is 0 Å². The van der Waals surface area contributed by atoms with Crippen LogP contribution in [0.5, 0.6) is 0 Å². The maximum atomic E-state index is 13.6. The summed E-state index contributed by atoms with van der Waals surface area (Å²) in [5.41, 5.74) is 1.19. The Hall–Kier alpha value is -1.26. The fourth-order valence-corrected chi connectivity index (χ4v) is 2.98. The molecule has 0 bridgehead atoms. The van der Waals surface area contributed by atoms with Crippen molar-refractivity contribution in [3.05, 3.63) is 35.1 Å². The molecule has 1 heterocycles. The predicted molar refractivity (Wildman–Crippen MR) is 67.3 cm³/mol. The standard InChI is InChI=1S/C14H17FN2O/c15-12-3-1-2-11-10(12)4-5-13(14(11)18)17-8-6-16-7-9-17/h1-3,13,16H,4-9H2. The first kappa shape index (κ1) is 11.8. The van der Waals surface area contributed by atoms with Crippen molar-refractivity contribution < 1.29 is 9.18 Å². The molecule has 0 amide bonds. The SMILES string of the molecule is O=C1c2cccc(F)c2CCC1N1CCNCC1. The Balaban J connectivity index is 1.87. The van der Waals surface area contributed by atoms with E-state index in [1.54, 1.807) is 12.1 Å². The molecular formula is C14H17FN2O. The summed E-state index contributed by atoms with van der Waals surface area (Å²) in [7, 11) is 0. The smallest absolute Gasteiger partial charge is 0.180 e. The summed E-state index contributed by atoms with van der Waals surface area (Å²) in [6.45, 7) is 3.67. The molecule has 0 aromatic heterocycles. The highest BCUT2D eigenvalue weighted by atomic mass is 19.1. The lowest BCUT2D eigenvalue weighted by Crippen LogP contribution is -2.52. The second kappa shape index (κ2) is 4.78. The van der Waals surface area contributed by atoms with E-state index in [2.05, 4.69) is 10.2 Å². The van der Waals surface area contributed by atoms with Gasteiger partial charge < -0.3 is 5.32 Å². The van der Waals surface area contributed by atoms with Crippen LogP contribution >= 0.6 is 0 Å². The van der Waals surface area contributed by atoms with Crippen LogP contribution in [-0.4, -0.2) is 42.9 Å². The van der Waals surface area contributed by atoms with Crippen molar-refractivity contribution in [2.45, 2.75) is 18.9 Å². The van der Waals surface area contributed by atoms with E-state index >= 15 is 0 Å². The van der Waals surface area contributed by atoms with Crippen molar-refractivity contribution in [2.24, 2.45) is 0 Å². The number of hydrogen-bond acceptors (Lipinski definition) is 3. The fraction of sp³-hybridized carbons (Fsp3) is 0.500. The number of nitrogens with one attached hydrogen (secondary N) is 1. The summed E-state index contributed by atoms with van der Waals surface area (Å²) >= 11 is 0. The Labute approximate surface area is 106 Å².